The average Bonchev–Trinajstić information content (AvgIpc) is 3.09. The lowest BCUT2D eigenvalue weighted by molar-refractivity contribution is -0.118. The van der Waals surface area contributed by atoms with Crippen molar-refractivity contribution in [2.24, 2.45) is 0 Å². The number of rotatable bonds is 7. The van der Waals surface area contributed by atoms with E-state index in [0.29, 0.717) is 15.9 Å². The van der Waals surface area contributed by atoms with E-state index >= 15 is 0 Å². The topological polar surface area (TPSA) is 64.1 Å². The highest BCUT2D eigenvalue weighted by atomic mass is 35.5. The van der Waals surface area contributed by atoms with Crippen LogP contribution in [0.5, 0.6) is 5.75 Å². The van der Waals surface area contributed by atoms with Crippen LogP contribution in [0.1, 0.15) is 16.7 Å². The van der Waals surface area contributed by atoms with Crippen molar-refractivity contribution in [3.05, 3.63) is 64.2 Å². The smallest absolute Gasteiger partial charge is 0.264 e. The number of anilines is 1. The van der Waals surface area contributed by atoms with E-state index in [-0.39, 0.29) is 12.5 Å². The van der Waals surface area contributed by atoms with Gasteiger partial charge in [-0.3, -0.25) is 10.1 Å². The number of carbonyl (C=O) groups is 1. The van der Waals surface area contributed by atoms with Crippen LogP contribution < -0.4 is 10.1 Å². The second kappa shape index (κ2) is 9.21. The molecule has 5 nitrogen and oxygen atoms in total. The quantitative estimate of drug-likeness (QED) is 0.425. The van der Waals surface area contributed by atoms with Crippen molar-refractivity contribution >= 4 is 45.7 Å². The number of thioether (sulfide) groups is 1. The first-order valence-corrected chi connectivity index (χ1v) is 10.4. The minimum atomic E-state index is -0.283. The van der Waals surface area contributed by atoms with Crippen molar-refractivity contribution in [3.63, 3.8) is 0 Å². The van der Waals surface area contributed by atoms with Crippen molar-refractivity contribution in [3.8, 4) is 5.75 Å². The second-order valence-electron chi connectivity index (χ2n) is 5.90. The highest BCUT2D eigenvalue weighted by Crippen LogP contribution is 2.28. The fraction of sp³-hybridized carbons (Fsp3) is 0.211. The van der Waals surface area contributed by atoms with Crippen LogP contribution in [0.15, 0.2) is 46.8 Å². The lowest BCUT2D eigenvalue weighted by Crippen LogP contribution is -2.20. The Kier molecular flexibility index (Phi) is 6.71. The van der Waals surface area contributed by atoms with Gasteiger partial charge < -0.3 is 4.74 Å². The molecular formula is C19H18ClN3O2S2. The van der Waals surface area contributed by atoms with Crippen LogP contribution in [0.25, 0.3) is 0 Å². The maximum atomic E-state index is 12.0. The summed E-state index contributed by atoms with van der Waals surface area (Å²) in [7, 11) is 0. The summed E-state index contributed by atoms with van der Waals surface area (Å²) in [4.78, 5) is 12.0. The third kappa shape index (κ3) is 5.95. The molecule has 0 fully saturated rings. The molecule has 2 aromatic carbocycles. The standard InChI is InChI=1S/C19H18ClN3O2S2/c1-12-3-5-14(6-4-12)11-26-19-23-22-18(27-19)21-17(24)10-25-15-7-8-16(20)13(2)9-15/h3-9H,10-11H2,1-2H3,(H,21,22,24). The number of amides is 1. The van der Waals surface area contributed by atoms with Crippen LogP contribution in [-0.2, 0) is 10.5 Å². The lowest BCUT2D eigenvalue weighted by Gasteiger charge is -2.07. The van der Waals surface area contributed by atoms with Crippen LogP contribution >= 0.6 is 34.7 Å². The maximum absolute atomic E-state index is 12.0. The van der Waals surface area contributed by atoms with Gasteiger partial charge in [-0.1, -0.05) is 64.5 Å². The van der Waals surface area contributed by atoms with Crippen molar-refractivity contribution in [2.45, 2.75) is 23.9 Å². The number of hydrogen-bond donors (Lipinski definition) is 1. The van der Waals surface area contributed by atoms with E-state index in [9.17, 15) is 4.79 Å². The average molecular weight is 420 g/mol. The van der Waals surface area contributed by atoms with Crippen molar-refractivity contribution in [1.82, 2.24) is 10.2 Å². The van der Waals surface area contributed by atoms with Crippen molar-refractivity contribution < 1.29 is 9.53 Å². The molecule has 1 N–H and O–H groups in total. The summed E-state index contributed by atoms with van der Waals surface area (Å²) in [5, 5.41) is 11.9. The first-order valence-electron chi connectivity index (χ1n) is 8.20. The molecule has 0 atom stereocenters. The van der Waals surface area contributed by atoms with Crippen molar-refractivity contribution in [2.75, 3.05) is 11.9 Å². The summed E-state index contributed by atoms with van der Waals surface area (Å²) >= 11 is 8.91. The highest BCUT2D eigenvalue weighted by molar-refractivity contribution is 8.00. The van der Waals surface area contributed by atoms with Gasteiger partial charge in [0.25, 0.3) is 5.91 Å². The summed E-state index contributed by atoms with van der Waals surface area (Å²) in [6.07, 6.45) is 0. The molecule has 140 valence electrons. The number of nitrogens with zero attached hydrogens (tertiary/aromatic N) is 2. The summed E-state index contributed by atoms with van der Waals surface area (Å²) < 4.78 is 6.28. The van der Waals surface area contributed by atoms with Crippen LogP contribution in [0.2, 0.25) is 5.02 Å². The van der Waals surface area contributed by atoms with Gasteiger partial charge in [-0.05, 0) is 43.2 Å². The van der Waals surface area contributed by atoms with Gasteiger partial charge in [-0.2, -0.15) is 0 Å². The Hall–Kier alpha value is -2.09. The third-order valence-electron chi connectivity index (χ3n) is 3.64. The van der Waals surface area contributed by atoms with Crippen LogP contribution in [0, 0.1) is 13.8 Å². The minimum Gasteiger partial charge on any atom is -0.484 e. The Morgan fingerprint density at radius 3 is 2.70 bits per heavy atom. The zero-order valence-electron chi connectivity index (χ0n) is 14.9. The number of benzene rings is 2. The van der Waals surface area contributed by atoms with E-state index in [0.717, 1.165) is 15.7 Å². The van der Waals surface area contributed by atoms with Gasteiger partial charge in [0.1, 0.15) is 5.75 Å². The monoisotopic (exact) mass is 419 g/mol. The molecule has 0 spiro atoms. The van der Waals surface area contributed by atoms with E-state index in [1.807, 2.05) is 6.92 Å². The number of ether oxygens (including phenoxy) is 1. The SMILES string of the molecule is Cc1ccc(CSc2nnc(NC(=O)COc3ccc(Cl)c(C)c3)s2)cc1. The molecule has 0 radical (unpaired) electrons. The summed E-state index contributed by atoms with van der Waals surface area (Å²) in [5.74, 6) is 1.12. The molecule has 0 aliphatic rings. The summed E-state index contributed by atoms with van der Waals surface area (Å²) in [6.45, 7) is 3.84. The van der Waals surface area contributed by atoms with Gasteiger partial charge >= 0.3 is 0 Å². The van der Waals surface area contributed by atoms with E-state index in [2.05, 4.69) is 46.7 Å². The Labute approximate surface area is 171 Å². The molecule has 3 rings (SSSR count). The molecule has 1 heterocycles. The fourth-order valence-corrected chi connectivity index (χ4v) is 4.00. The first-order chi connectivity index (χ1) is 13.0. The summed E-state index contributed by atoms with van der Waals surface area (Å²) in [5.41, 5.74) is 3.35. The van der Waals surface area contributed by atoms with E-state index < -0.39 is 0 Å². The zero-order valence-corrected chi connectivity index (χ0v) is 17.2. The molecule has 0 unspecified atom stereocenters. The number of carbonyl (C=O) groups excluding carboxylic acids is 1. The Morgan fingerprint density at radius 2 is 1.96 bits per heavy atom. The van der Waals surface area contributed by atoms with Gasteiger partial charge in [0.2, 0.25) is 5.13 Å². The number of nitrogens with one attached hydrogen (secondary N) is 1. The molecular weight excluding hydrogens is 402 g/mol. The molecule has 8 heteroatoms. The van der Waals surface area contributed by atoms with E-state index in [4.69, 9.17) is 16.3 Å². The second-order valence-corrected chi connectivity index (χ2v) is 8.50. The fourth-order valence-electron chi connectivity index (χ4n) is 2.16. The number of halogens is 1. The Bertz CT molecular complexity index is 929. The Morgan fingerprint density at radius 1 is 1.19 bits per heavy atom. The molecule has 0 aliphatic carbocycles. The molecule has 0 saturated heterocycles. The molecule has 0 bridgehead atoms. The number of aromatic nitrogens is 2. The van der Waals surface area contributed by atoms with Gasteiger partial charge in [0.15, 0.2) is 10.9 Å². The number of hydrogen-bond acceptors (Lipinski definition) is 6. The molecule has 1 aromatic heterocycles. The largest absolute Gasteiger partial charge is 0.484 e. The van der Waals surface area contributed by atoms with Crippen LogP contribution in [0.4, 0.5) is 5.13 Å². The molecule has 0 aliphatic heterocycles. The zero-order chi connectivity index (χ0) is 19.2. The first kappa shape index (κ1) is 19.7. The van der Waals surface area contributed by atoms with E-state index in [1.54, 1.807) is 30.0 Å². The minimum absolute atomic E-state index is 0.105. The van der Waals surface area contributed by atoms with Gasteiger partial charge in [-0.15, -0.1) is 10.2 Å². The molecule has 1 amide bonds. The lowest BCUT2D eigenvalue weighted by atomic mass is 10.2. The van der Waals surface area contributed by atoms with Gasteiger partial charge in [0, 0.05) is 10.8 Å². The third-order valence-corrected chi connectivity index (χ3v) is 6.10. The predicted molar refractivity (Wildman–Crippen MR) is 111 cm³/mol. The number of aryl methyl sites for hydroxylation is 2. The maximum Gasteiger partial charge on any atom is 0.264 e. The Balaban J connectivity index is 1.47. The summed E-state index contributed by atoms with van der Waals surface area (Å²) in [6, 6.07) is 13.6. The van der Waals surface area contributed by atoms with Crippen LogP contribution in [0.3, 0.4) is 0 Å². The van der Waals surface area contributed by atoms with Crippen LogP contribution in [-0.4, -0.2) is 22.7 Å². The molecule has 3 aromatic rings. The van der Waals surface area contributed by atoms with Gasteiger partial charge in [0.05, 0.1) is 0 Å². The van der Waals surface area contributed by atoms with Gasteiger partial charge in [-0.25, -0.2) is 0 Å². The predicted octanol–water partition coefficient (Wildman–Crippen LogP) is 5.12. The molecule has 0 saturated carbocycles. The van der Waals surface area contributed by atoms with E-state index in [1.165, 1.54) is 22.5 Å². The molecule has 27 heavy (non-hydrogen) atoms. The normalized spacial score (nSPS) is 10.6. The van der Waals surface area contributed by atoms with Crippen molar-refractivity contribution in [1.29, 1.82) is 0 Å². The highest BCUT2D eigenvalue weighted by Gasteiger charge is 2.10.